The van der Waals surface area contributed by atoms with Gasteiger partial charge in [0.05, 0.1) is 12.4 Å². The van der Waals surface area contributed by atoms with Gasteiger partial charge in [0.15, 0.2) is 0 Å². The van der Waals surface area contributed by atoms with E-state index in [2.05, 4.69) is 9.88 Å². The Labute approximate surface area is 125 Å². The van der Waals surface area contributed by atoms with Crippen molar-refractivity contribution in [3.05, 3.63) is 27.9 Å². The van der Waals surface area contributed by atoms with E-state index in [1.165, 1.54) is 0 Å². The molecule has 5 nitrogen and oxygen atoms in total. The van der Waals surface area contributed by atoms with Crippen molar-refractivity contribution >= 4 is 0 Å². The number of aryl methyl sites for hydroxylation is 1. The fourth-order valence-corrected chi connectivity index (χ4v) is 3.44. The highest BCUT2D eigenvalue weighted by atomic mass is 16.3. The molecular formula is C16H25N3O2. The summed E-state index contributed by atoms with van der Waals surface area (Å²) in [5.41, 5.74) is 1.68. The van der Waals surface area contributed by atoms with Gasteiger partial charge in [-0.25, -0.2) is 4.98 Å². The quantitative estimate of drug-likeness (QED) is 0.906. The third-order valence-electron chi connectivity index (χ3n) is 5.29. The maximum absolute atomic E-state index is 12.2. The first kappa shape index (κ1) is 14.7. The Bertz CT molecular complexity index is 561. The van der Waals surface area contributed by atoms with E-state index in [0.717, 1.165) is 56.6 Å². The van der Waals surface area contributed by atoms with Gasteiger partial charge >= 0.3 is 0 Å². The zero-order valence-corrected chi connectivity index (χ0v) is 13.0. The molecule has 1 saturated carbocycles. The van der Waals surface area contributed by atoms with Crippen molar-refractivity contribution in [3.8, 4) is 0 Å². The number of rotatable bonds is 3. The van der Waals surface area contributed by atoms with E-state index in [-0.39, 0.29) is 11.7 Å². The molecule has 1 N–H and O–H groups in total. The van der Waals surface area contributed by atoms with Gasteiger partial charge < -0.3 is 5.11 Å². The minimum atomic E-state index is -0.117. The smallest absolute Gasteiger partial charge is 0.256 e. The fraction of sp³-hybridized carbons (Fsp3) is 0.750. The van der Waals surface area contributed by atoms with Crippen LogP contribution in [0, 0.1) is 19.8 Å². The number of likely N-dealkylation sites (tertiary alicyclic amines) is 1. The highest BCUT2D eigenvalue weighted by molar-refractivity contribution is 5.12. The number of aliphatic hydroxyl groups is 1. The summed E-state index contributed by atoms with van der Waals surface area (Å²) in [7, 11) is 0. The highest BCUT2D eigenvalue weighted by Gasteiger charge is 2.35. The molecule has 2 fully saturated rings. The van der Waals surface area contributed by atoms with Crippen molar-refractivity contribution in [2.45, 2.75) is 58.2 Å². The largest absolute Gasteiger partial charge is 0.391 e. The fourth-order valence-electron chi connectivity index (χ4n) is 3.44. The lowest BCUT2D eigenvalue weighted by Crippen LogP contribution is -2.53. The van der Waals surface area contributed by atoms with E-state index < -0.39 is 0 Å². The zero-order valence-electron chi connectivity index (χ0n) is 13.0. The molecule has 0 aromatic carbocycles. The maximum atomic E-state index is 12.2. The van der Waals surface area contributed by atoms with Crippen molar-refractivity contribution in [2.24, 2.45) is 5.92 Å². The van der Waals surface area contributed by atoms with Gasteiger partial charge in [-0.3, -0.25) is 14.3 Å². The van der Waals surface area contributed by atoms with Gasteiger partial charge in [0, 0.05) is 23.8 Å². The molecule has 0 spiro atoms. The Morgan fingerprint density at radius 3 is 2.52 bits per heavy atom. The van der Waals surface area contributed by atoms with Crippen LogP contribution in [0.15, 0.2) is 11.1 Å². The Balaban J connectivity index is 1.58. The molecular weight excluding hydrogens is 266 g/mol. The van der Waals surface area contributed by atoms with Gasteiger partial charge in [0.1, 0.15) is 0 Å². The van der Waals surface area contributed by atoms with Crippen LogP contribution in [0.2, 0.25) is 0 Å². The number of hydrogen-bond acceptors (Lipinski definition) is 4. The molecule has 1 aliphatic carbocycles. The van der Waals surface area contributed by atoms with E-state index >= 15 is 0 Å². The molecule has 2 unspecified atom stereocenters. The van der Waals surface area contributed by atoms with Crippen LogP contribution in [0.3, 0.4) is 0 Å². The van der Waals surface area contributed by atoms with Crippen LogP contribution in [0.25, 0.3) is 0 Å². The summed E-state index contributed by atoms with van der Waals surface area (Å²) in [6, 6.07) is 0.386. The molecule has 1 aromatic heterocycles. The van der Waals surface area contributed by atoms with Gasteiger partial charge in [0.25, 0.3) is 5.56 Å². The molecule has 1 saturated heterocycles. The molecule has 116 valence electrons. The summed E-state index contributed by atoms with van der Waals surface area (Å²) >= 11 is 0. The van der Waals surface area contributed by atoms with E-state index in [9.17, 15) is 9.90 Å². The number of hydrogen-bond donors (Lipinski definition) is 1. The second-order valence-electron chi connectivity index (χ2n) is 6.60. The Morgan fingerprint density at radius 2 is 1.95 bits per heavy atom. The van der Waals surface area contributed by atoms with E-state index in [1.54, 1.807) is 10.9 Å². The predicted molar refractivity (Wildman–Crippen MR) is 81.3 cm³/mol. The van der Waals surface area contributed by atoms with Crippen LogP contribution in [-0.4, -0.2) is 44.8 Å². The molecule has 3 rings (SSSR count). The van der Waals surface area contributed by atoms with Crippen molar-refractivity contribution in [1.82, 2.24) is 14.5 Å². The molecule has 2 aliphatic rings. The third kappa shape index (κ3) is 2.90. The van der Waals surface area contributed by atoms with Crippen molar-refractivity contribution < 1.29 is 5.11 Å². The number of aromatic nitrogens is 2. The molecule has 1 aliphatic heterocycles. The Hall–Kier alpha value is -1.20. The van der Waals surface area contributed by atoms with Crippen LogP contribution in [0.1, 0.15) is 36.9 Å². The van der Waals surface area contributed by atoms with E-state index in [4.69, 9.17) is 0 Å². The van der Waals surface area contributed by atoms with Crippen molar-refractivity contribution in [1.29, 1.82) is 0 Å². The van der Waals surface area contributed by atoms with E-state index in [0.29, 0.717) is 12.0 Å². The first-order chi connectivity index (χ1) is 10.1. The average molecular weight is 291 g/mol. The van der Waals surface area contributed by atoms with Crippen LogP contribution < -0.4 is 5.56 Å². The standard InChI is InChI=1S/C16H25N3O2/c1-11-12(2)17-10-19(16(11)21)9-13-5-7-18(8-6-13)14-3-4-15(14)20/h10,13-15,20H,3-9H2,1-2H3. The van der Waals surface area contributed by atoms with Gasteiger partial charge in [-0.15, -0.1) is 0 Å². The SMILES string of the molecule is Cc1ncn(CC2CCN(C3CCC3O)CC2)c(=O)c1C. The summed E-state index contributed by atoms with van der Waals surface area (Å²) in [5.74, 6) is 0.542. The Morgan fingerprint density at radius 1 is 1.24 bits per heavy atom. The van der Waals surface area contributed by atoms with Crippen LogP contribution in [0.4, 0.5) is 0 Å². The first-order valence-corrected chi connectivity index (χ1v) is 8.01. The lowest BCUT2D eigenvalue weighted by molar-refractivity contribution is -0.0346. The average Bonchev–Trinajstić information content (AvgIpc) is 2.48. The van der Waals surface area contributed by atoms with Gasteiger partial charge in [0.2, 0.25) is 0 Å². The minimum absolute atomic E-state index is 0.0966. The summed E-state index contributed by atoms with van der Waals surface area (Å²) in [5, 5.41) is 9.76. The van der Waals surface area contributed by atoms with Crippen molar-refractivity contribution in [3.63, 3.8) is 0 Å². The van der Waals surface area contributed by atoms with Crippen LogP contribution in [0.5, 0.6) is 0 Å². The third-order valence-corrected chi connectivity index (χ3v) is 5.29. The summed E-state index contributed by atoms with van der Waals surface area (Å²) in [4.78, 5) is 18.9. The molecule has 2 heterocycles. The minimum Gasteiger partial charge on any atom is -0.391 e. The van der Waals surface area contributed by atoms with Gasteiger partial charge in [-0.2, -0.15) is 0 Å². The maximum Gasteiger partial charge on any atom is 0.256 e. The number of nitrogens with zero attached hydrogens (tertiary/aromatic N) is 3. The second-order valence-corrected chi connectivity index (χ2v) is 6.60. The number of piperidine rings is 1. The number of aliphatic hydroxyl groups excluding tert-OH is 1. The van der Waals surface area contributed by atoms with Crippen molar-refractivity contribution in [2.75, 3.05) is 13.1 Å². The highest BCUT2D eigenvalue weighted by Crippen LogP contribution is 2.29. The predicted octanol–water partition coefficient (Wildman–Crippen LogP) is 1.10. The van der Waals surface area contributed by atoms with Gasteiger partial charge in [-0.05, 0) is 58.5 Å². The molecule has 5 heteroatoms. The molecule has 0 radical (unpaired) electrons. The molecule has 0 bridgehead atoms. The monoisotopic (exact) mass is 291 g/mol. The molecule has 0 amide bonds. The van der Waals surface area contributed by atoms with E-state index in [1.807, 2.05) is 13.8 Å². The van der Waals surface area contributed by atoms with Gasteiger partial charge in [-0.1, -0.05) is 0 Å². The topological polar surface area (TPSA) is 58.4 Å². The Kier molecular flexibility index (Phi) is 4.13. The van der Waals surface area contributed by atoms with Crippen LogP contribution >= 0.6 is 0 Å². The molecule has 1 aromatic rings. The lowest BCUT2D eigenvalue weighted by Gasteiger charge is -2.44. The molecule has 2 atom stereocenters. The first-order valence-electron chi connectivity index (χ1n) is 8.01. The van der Waals surface area contributed by atoms with Crippen LogP contribution in [-0.2, 0) is 6.54 Å². The zero-order chi connectivity index (χ0) is 15.0. The summed E-state index contributed by atoms with van der Waals surface area (Å²) in [6.45, 7) is 6.58. The summed E-state index contributed by atoms with van der Waals surface area (Å²) in [6.07, 6.45) is 5.85. The summed E-state index contributed by atoms with van der Waals surface area (Å²) < 4.78 is 1.76. The normalized spacial score (nSPS) is 27.6. The second kappa shape index (κ2) is 5.89. The lowest BCUT2D eigenvalue weighted by atomic mass is 9.85. The molecule has 21 heavy (non-hydrogen) atoms.